The van der Waals surface area contributed by atoms with Crippen LogP contribution < -0.4 is 0 Å². The zero-order valence-corrected chi connectivity index (χ0v) is 7.43. The fourth-order valence-corrected chi connectivity index (χ4v) is 2.41. The average molecular weight is 191 g/mol. The van der Waals surface area contributed by atoms with Gasteiger partial charge in [-0.2, -0.15) is 0 Å². The number of rotatable bonds is 2. The molecule has 0 atom stereocenters. The first-order valence-corrected chi connectivity index (χ1v) is 5.38. The molecule has 6 heteroatoms. The normalized spacial score (nSPS) is 18.4. The van der Waals surface area contributed by atoms with E-state index in [-0.39, 0.29) is 17.0 Å². The summed E-state index contributed by atoms with van der Waals surface area (Å²) in [6.07, 6.45) is 2.17. The Morgan fingerprint density at radius 3 is 2.33 bits per heavy atom. The van der Waals surface area contributed by atoms with Gasteiger partial charge in [-0.05, 0) is 12.8 Å². The SMILES string of the molecule is CS(=O)(=O)C1=C([N+](=O)[O-])CCC1. The second-order valence-corrected chi connectivity index (χ2v) is 4.79. The van der Waals surface area contributed by atoms with Crippen molar-refractivity contribution in [3.05, 3.63) is 20.7 Å². The Morgan fingerprint density at radius 2 is 2.00 bits per heavy atom. The van der Waals surface area contributed by atoms with Crippen LogP contribution in [0.5, 0.6) is 0 Å². The Labute approximate surface area is 70.1 Å². The van der Waals surface area contributed by atoms with Crippen molar-refractivity contribution in [3.8, 4) is 0 Å². The second kappa shape index (κ2) is 2.85. The molecule has 0 amide bonds. The molecule has 1 rings (SSSR count). The zero-order chi connectivity index (χ0) is 9.35. The lowest BCUT2D eigenvalue weighted by atomic mass is 10.3. The molecule has 0 radical (unpaired) electrons. The lowest BCUT2D eigenvalue weighted by molar-refractivity contribution is -0.427. The largest absolute Gasteiger partial charge is 0.260 e. The molecule has 0 heterocycles. The van der Waals surface area contributed by atoms with E-state index in [1.165, 1.54) is 0 Å². The van der Waals surface area contributed by atoms with Crippen LogP contribution in [0.15, 0.2) is 10.6 Å². The molecule has 1 aliphatic carbocycles. The van der Waals surface area contributed by atoms with Gasteiger partial charge in [0.15, 0.2) is 9.84 Å². The minimum Gasteiger partial charge on any atom is -0.259 e. The molecule has 0 saturated heterocycles. The highest BCUT2D eigenvalue weighted by Gasteiger charge is 2.30. The Bertz CT molecular complexity index is 341. The van der Waals surface area contributed by atoms with Crippen molar-refractivity contribution >= 4 is 9.84 Å². The maximum absolute atomic E-state index is 11.0. The number of hydrogen-bond acceptors (Lipinski definition) is 4. The average Bonchev–Trinajstić information content (AvgIpc) is 2.30. The van der Waals surface area contributed by atoms with E-state index in [2.05, 4.69) is 0 Å². The molecule has 0 spiro atoms. The second-order valence-electron chi connectivity index (χ2n) is 2.75. The van der Waals surface area contributed by atoms with Gasteiger partial charge in [0.05, 0.1) is 4.92 Å². The molecular formula is C6H9NO4S. The van der Waals surface area contributed by atoms with Crippen LogP contribution >= 0.6 is 0 Å². The lowest BCUT2D eigenvalue weighted by Crippen LogP contribution is -2.05. The smallest absolute Gasteiger partial charge is 0.259 e. The molecule has 68 valence electrons. The maximum atomic E-state index is 11.0. The van der Waals surface area contributed by atoms with Gasteiger partial charge in [0, 0.05) is 12.7 Å². The van der Waals surface area contributed by atoms with E-state index >= 15 is 0 Å². The van der Waals surface area contributed by atoms with Gasteiger partial charge in [-0.3, -0.25) is 10.1 Å². The number of nitro groups is 1. The highest BCUT2D eigenvalue weighted by atomic mass is 32.2. The highest BCUT2D eigenvalue weighted by molar-refractivity contribution is 7.94. The van der Waals surface area contributed by atoms with E-state index in [4.69, 9.17) is 0 Å². The summed E-state index contributed by atoms with van der Waals surface area (Å²) in [5, 5.41) is 10.3. The fraction of sp³-hybridized carbons (Fsp3) is 0.667. The van der Waals surface area contributed by atoms with Crippen molar-refractivity contribution in [1.82, 2.24) is 0 Å². The van der Waals surface area contributed by atoms with Crippen LogP contribution in [0.1, 0.15) is 19.3 Å². The number of nitrogens with zero attached hydrogens (tertiary/aromatic N) is 1. The van der Waals surface area contributed by atoms with Crippen LogP contribution in [0.3, 0.4) is 0 Å². The van der Waals surface area contributed by atoms with Gasteiger partial charge >= 0.3 is 0 Å². The van der Waals surface area contributed by atoms with E-state index in [9.17, 15) is 18.5 Å². The molecule has 0 aromatic carbocycles. The summed E-state index contributed by atoms with van der Waals surface area (Å²) in [5.41, 5.74) is -0.127. The van der Waals surface area contributed by atoms with Crippen molar-refractivity contribution in [2.45, 2.75) is 19.3 Å². The van der Waals surface area contributed by atoms with Crippen molar-refractivity contribution in [2.24, 2.45) is 0 Å². The fourth-order valence-electron chi connectivity index (χ4n) is 1.29. The lowest BCUT2D eigenvalue weighted by Gasteiger charge is -1.96. The Balaban J connectivity index is 3.17. The topological polar surface area (TPSA) is 77.3 Å². The van der Waals surface area contributed by atoms with Crippen LogP contribution in [0, 0.1) is 10.1 Å². The first-order valence-electron chi connectivity index (χ1n) is 3.49. The summed E-state index contributed by atoms with van der Waals surface area (Å²) in [6.45, 7) is 0. The quantitative estimate of drug-likeness (QED) is 0.475. The third-order valence-corrected chi connectivity index (χ3v) is 3.14. The van der Waals surface area contributed by atoms with Gasteiger partial charge in [0.2, 0.25) is 0 Å². The third kappa shape index (κ3) is 1.63. The van der Waals surface area contributed by atoms with Gasteiger partial charge in [-0.15, -0.1) is 0 Å². The molecule has 0 aromatic rings. The van der Waals surface area contributed by atoms with E-state index in [1.54, 1.807) is 0 Å². The molecule has 5 nitrogen and oxygen atoms in total. The number of allylic oxidation sites excluding steroid dienone is 2. The van der Waals surface area contributed by atoms with Gasteiger partial charge in [0.25, 0.3) is 5.70 Å². The summed E-state index contributed by atoms with van der Waals surface area (Å²) in [4.78, 5) is 9.75. The van der Waals surface area contributed by atoms with Gasteiger partial charge in [-0.25, -0.2) is 8.42 Å². The summed E-state index contributed by atoms with van der Waals surface area (Å²) >= 11 is 0. The molecule has 0 aromatic heterocycles. The third-order valence-electron chi connectivity index (χ3n) is 1.81. The van der Waals surface area contributed by atoms with E-state index in [0.717, 1.165) is 6.26 Å². The minimum absolute atomic E-state index is 0.00694. The van der Waals surface area contributed by atoms with Crippen LogP contribution in [0.2, 0.25) is 0 Å². The van der Waals surface area contributed by atoms with Crippen LogP contribution in [-0.2, 0) is 9.84 Å². The monoisotopic (exact) mass is 191 g/mol. The molecule has 1 aliphatic rings. The number of sulfone groups is 1. The molecule has 12 heavy (non-hydrogen) atoms. The predicted molar refractivity (Wildman–Crippen MR) is 42.7 cm³/mol. The molecule has 0 fully saturated rings. The maximum Gasteiger partial charge on any atom is 0.260 e. The first kappa shape index (κ1) is 9.18. The highest BCUT2D eigenvalue weighted by Crippen LogP contribution is 2.29. The van der Waals surface area contributed by atoms with Crippen LogP contribution in [0.4, 0.5) is 0 Å². The summed E-state index contributed by atoms with van der Waals surface area (Å²) in [7, 11) is -3.36. The summed E-state index contributed by atoms with van der Waals surface area (Å²) in [6, 6.07) is 0. The Morgan fingerprint density at radius 1 is 1.42 bits per heavy atom. The molecule has 0 N–H and O–H groups in total. The van der Waals surface area contributed by atoms with Gasteiger partial charge < -0.3 is 0 Å². The van der Waals surface area contributed by atoms with E-state index in [0.29, 0.717) is 12.8 Å². The van der Waals surface area contributed by atoms with E-state index < -0.39 is 14.8 Å². The predicted octanol–water partition coefficient (Wildman–Crippen LogP) is 0.703. The Kier molecular flexibility index (Phi) is 2.18. The zero-order valence-electron chi connectivity index (χ0n) is 6.61. The summed E-state index contributed by atoms with van der Waals surface area (Å²) < 4.78 is 22.0. The van der Waals surface area contributed by atoms with Crippen molar-refractivity contribution < 1.29 is 13.3 Å². The van der Waals surface area contributed by atoms with Crippen LogP contribution in [0.25, 0.3) is 0 Å². The van der Waals surface area contributed by atoms with Crippen molar-refractivity contribution in [3.63, 3.8) is 0 Å². The number of hydrogen-bond donors (Lipinski definition) is 0. The van der Waals surface area contributed by atoms with Crippen molar-refractivity contribution in [1.29, 1.82) is 0 Å². The van der Waals surface area contributed by atoms with Crippen LogP contribution in [-0.4, -0.2) is 19.6 Å². The summed E-state index contributed by atoms with van der Waals surface area (Å²) in [5.74, 6) is 0. The molecule has 0 saturated carbocycles. The standard InChI is InChI=1S/C6H9NO4S/c1-12(10,11)6-4-2-3-5(6)7(8)9/h2-4H2,1H3. The van der Waals surface area contributed by atoms with Gasteiger partial charge in [0.1, 0.15) is 4.91 Å². The van der Waals surface area contributed by atoms with Gasteiger partial charge in [-0.1, -0.05) is 0 Å². The minimum atomic E-state index is -3.36. The molecule has 0 unspecified atom stereocenters. The van der Waals surface area contributed by atoms with Crippen molar-refractivity contribution in [2.75, 3.05) is 6.26 Å². The van der Waals surface area contributed by atoms with E-state index in [1.807, 2.05) is 0 Å². The first-order chi connectivity index (χ1) is 5.43. The molecule has 0 bridgehead atoms. The Hall–Kier alpha value is -0.910. The molecule has 0 aliphatic heterocycles. The molecular weight excluding hydrogens is 182 g/mol.